The van der Waals surface area contributed by atoms with Gasteiger partial charge >= 0.3 is 6.03 Å². The number of benzene rings is 1. The lowest BCUT2D eigenvalue weighted by molar-refractivity contribution is 0.203. The standard InChI is InChI=1S/C14H21N3O2/c1-9-6-11(4-5-13(9)19-3)12-8-17(10(2)7-15)14(18)16-12/h4-6,10,12H,7-8,15H2,1-3H3,(H,16,18). The molecular formula is C14H21N3O2. The summed E-state index contributed by atoms with van der Waals surface area (Å²) < 4.78 is 5.25. The molecule has 3 N–H and O–H groups in total. The first-order chi connectivity index (χ1) is 9.06. The Morgan fingerprint density at radius 2 is 2.32 bits per heavy atom. The Morgan fingerprint density at radius 3 is 2.89 bits per heavy atom. The van der Waals surface area contributed by atoms with Gasteiger partial charge in [0.15, 0.2) is 0 Å². The van der Waals surface area contributed by atoms with Crippen LogP contribution in [0.4, 0.5) is 4.79 Å². The fourth-order valence-electron chi connectivity index (χ4n) is 2.37. The minimum absolute atomic E-state index is 0.0195. The Labute approximate surface area is 113 Å². The molecule has 1 aromatic rings. The van der Waals surface area contributed by atoms with Crippen LogP contribution >= 0.6 is 0 Å². The van der Waals surface area contributed by atoms with Crippen molar-refractivity contribution in [1.29, 1.82) is 0 Å². The van der Waals surface area contributed by atoms with Crippen molar-refractivity contribution in [1.82, 2.24) is 10.2 Å². The molecule has 1 fully saturated rings. The fraction of sp³-hybridized carbons (Fsp3) is 0.500. The SMILES string of the molecule is COc1ccc(C2CN(C(C)CN)C(=O)N2)cc1C. The van der Waals surface area contributed by atoms with Crippen molar-refractivity contribution in [3.05, 3.63) is 29.3 Å². The van der Waals surface area contributed by atoms with Crippen LogP contribution in [0.1, 0.15) is 24.1 Å². The van der Waals surface area contributed by atoms with Crippen molar-refractivity contribution >= 4 is 6.03 Å². The maximum absolute atomic E-state index is 11.9. The van der Waals surface area contributed by atoms with Gasteiger partial charge in [0.25, 0.3) is 0 Å². The summed E-state index contributed by atoms with van der Waals surface area (Å²) in [6.45, 7) is 5.09. The molecule has 0 radical (unpaired) electrons. The Morgan fingerprint density at radius 1 is 1.58 bits per heavy atom. The third-order valence-electron chi connectivity index (χ3n) is 3.63. The molecule has 0 saturated carbocycles. The van der Waals surface area contributed by atoms with Crippen molar-refractivity contribution in [3.8, 4) is 5.75 Å². The summed E-state index contributed by atoms with van der Waals surface area (Å²) in [6, 6.07) is 6.02. The topological polar surface area (TPSA) is 67.6 Å². The van der Waals surface area contributed by atoms with Gasteiger partial charge < -0.3 is 20.7 Å². The largest absolute Gasteiger partial charge is 0.496 e. The van der Waals surface area contributed by atoms with E-state index in [1.807, 2.05) is 26.0 Å². The molecule has 19 heavy (non-hydrogen) atoms. The highest BCUT2D eigenvalue weighted by Gasteiger charge is 2.32. The van der Waals surface area contributed by atoms with Crippen LogP contribution in [0, 0.1) is 6.92 Å². The highest BCUT2D eigenvalue weighted by Crippen LogP contribution is 2.26. The highest BCUT2D eigenvalue weighted by atomic mass is 16.5. The minimum Gasteiger partial charge on any atom is -0.496 e. The van der Waals surface area contributed by atoms with Gasteiger partial charge in [-0.05, 0) is 31.0 Å². The molecule has 104 valence electrons. The van der Waals surface area contributed by atoms with E-state index in [0.717, 1.165) is 16.9 Å². The summed E-state index contributed by atoms with van der Waals surface area (Å²) in [5, 5.41) is 2.99. The molecule has 2 amide bonds. The number of hydrogen-bond acceptors (Lipinski definition) is 3. The lowest BCUT2D eigenvalue weighted by atomic mass is 10.0. The maximum atomic E-state index is 11.9. The molecule has 0 aliphatic carbocycles. The van der Waals surface area contributed by atoms with Crippen LogP contribution in [0.3, 0.4) is 0 Å². The van der Waals surface area contributed by atoms with Crippen LogP contribution in [0.5, 0.6) is 5.75 Å². The number of nitrogens with zero attached hydrogens (tertiary/aromatic N) is 1. The second-order valence-electron chi connectivity index (χ2n) is 4.97. The fourth-order valence-corrected chi connectivity index (χ4v) is 2.37. The summed E-state index contributed by atoms with van der Waals surface area (Å²) in [7, 11) is 1.66. The maximum Gasteiger partial charge on any atom is 0.318 e. The zero-order chi connectivity index (χ0) is 14.0. The second-order valence-corrected chi connectivity index (χ2v) is 4.97. The predicted octanol–water partition coefficient (Wildman–Crippen LogP) is 1.42. The molecule has 1 aliphatic heterocycles. The molecule has 2 rings (SSSR count). The molecule has 2 unspecified atom stereocenters. The summed E-state index contributed by atoms with van der Waals surface area (Å²) in [6.07, 6.45) is 0. The predicted molar refractivity (Wildman–Crippen MR) is 74.2 cm³/mol. The van der Waals surface area contributed by atoms with Crippen molar-refractivity contribution in [2.75, 3.05) is 20.2 Å². The number of amides is 2. The Balaban J connectivity index is 2.16. The molecule has 1 aromatic carbocycles. The van der Waals surface area contributed by atoms with Gasteiger partial charge in [0.2, 0.25) is 0 Å². The van der Waals surface area contributed by atoms with Gasteiger partial charge in [0.1, 0.15) is 5.75 Å². The molecule has 1 heterocycles. The Hall–Kier alpha value is -1.75. The molecular weight excluding hydrogens is 242 g/mol. The molecule has 1 aliphatic rings. The van der Waals surface area contributed by atoms with Gasteiger partial charge in [0.05, 0.1) is 13.2 Å². The smallest absolute Gasteiger partial charge is 0.318 e. The van der Waals surface area contributed by atoms with E-state index in [0.29, 0.717) is 13.1 Å². The van der Waals surface area contributed by atoms with E-state index in [4.69, 9.17) is 10.5 Å². The van der Waals surface area contributed by atoms with E-state index in [2.05, 4.69) is 11.4 Å². The average Bonchev–Trinajstić information content (AvgIpc) is 2.80. The lowest BCUT2D eigenvalue weighted by Crippen LogP contribution is -2.40. The lowest BCUT2D eigenvalue weighted by Gasteiger charge is -2.21. The molecule has 2 atom stereocenters. The van der Waals surface area contributed by atoms with Crippen LogP contribution in [-0.4, -0.2) is 37.2 Å². The first kappa shape index (κ1) is 13.7. The van der Waals surface area contributed by atoms with Gasteiger partial charge in [-0.1, -0.05) is 12.1 Å². The number of carbonyl (C=O) groups excluding carboxylic acids is 1. The number of hydrogen-bond donors (Lipinski definition) is 2. The van der Waals surface area contributed by atoms with Crippen molar-refractivity contribution < 1.29 is 9.53 Å². The van der Waals surface area contributed by atoms with Crippen LogP contribution in [0.25, 0.3) is 0 Å². The minimum atomic E-state index is -0.0450. The monoisotopic (exact) mass is 263 g/mol. The molecule has 5 nitrogen and oxygen atoms in total. The highest BCUT2D eigenvalue weighted by molar-refractivity contribution is 5.77. The van der Waals surface area contributed by atoms with E-state index < -0.39 is 0 Å². The van der Waals surface area contributed by atoms with Crippen LogP contribution < -0.4 is 15.8 Å². The summed E-state index contributed by atoms with van der Waals surface area (Å²) in [5.41, 5.74) is 7.79. The number of methoxy groups -OCH3 is 1. The van der Waals surface area contributed by atoms with Gasteiger partial charge in [-0.25, -0.2) is 4.79 Å². The summed E-state index contributed by atoms with van der Waals surface area (Å²) >= 11 is 0. The second kappa shape index (κ2) is 5.48. The van der Waals surface area contributed by atoms with E-state index in [1.165, 1.54) is 0 Å². The van der Waals surface area contributed by atoms with Crippen molar-refractivity contribution in [2.45, 2.75) is 25.9 Å². The normalized spacial score (nSPS) is 20.3. The van der Waals surface area contributed by atoms with Crippen molar-refractivity contribution in [3.63, 3.8) is 0 Å². The summed E-state index contributed by atoms with van der Waals surface area (Å²) in [4.78, 5) is 13.7. The Bertz CT molecular complexity index is 476. The number of nitrogens with one attached hydrogen (secondary N) is 1. The third-order valence-corrected chi connectivity index (χ3v) is 3.63. The van der Waals surface area contributed by atoms with E-state index in [-0.39, 0.29) is 18.1 Å². The first-order valence-electron chi connectivity index (χ1n) is 6.48. The van der Waals surface area contributed by atoms with E-state index in [1.54, 1.807) is 12.0 Å². The molecule has 5 heteroatoms. The number of urea groups is 1. The Kier molecular flexibility index (Phi) is 3.95. The number of ether oxygens (including phenoxy) is 1. The van der Waals surface area contributed by atoms with Crippen LogP contribution in [-0.2, 0) is 0 Å². The molecule has 1 saturated heterocycles. The van der Waals surface area contributed by atoms with Gasteiger partial charge in [-0.2, -0.15) is 0 Å². The first-order valence-corrected chi connectivity index (χ1v) is 6.48. The van der Waals surface area contributed by atoms with Crippen molar-refractivity contribution in [2.24, 2.45) is 5.73 Å². The molecule has 0 aromatic heterocycles. The van der Waals surface area contributed by atoms with E-state index >= 15 is 0 Å². The summed E-state index contributed by atoms with van der Waals surface area (Å²) in [5.74, 6) is 0.861. The van der Waals surface area contributed by atoms with Crippen LogP contribution in [0.2, 0.25) is 0 Å². The number of carbonyl (C=O) groups is 1. The van der Waals surface area contributed by atoms with Gasteiger partial charge in [-0.15, -0.1) is 0 Å². The zero-order valence-corrected chi connectivity index (χ0v) is 11.6. The molecule has 0 bridgehead atoms. The average molecular weight is 263 g/mol. The third kappa shape index (κ3) is 2.66. The molecule has 0 spiro atoms. The zero-order valence-electron chi connectivity index (χ0n) is 11.6. The van der Waals surface area contributed by atoms with Gasteiger partial charge in [0, 0.05) is 19.1 Å². The number of rotatable bonds is 4. The number of aryl methyl sites for hydroxylation is 1. The quantitative estimate of drug-likeness (QED) is 0.863. The number of nitrogens with two attached hydrogens (primary N) is 1. The van der Waals surface area contributed by atoms with E-state index in [9.17, 15) is 4.79 Å². The van der Waals surface area contributed by atoms with Crippen LogP contribution in [0.15, 0.2) is 18.2 Å². The van der Waals surface area contributed by atoms with Gasteiger partial charge in [-0.3, -0.25) is 0 Å².